The molecule has 0 radical (unpaired) electrons. The first-order chi connectivity index (χ1) is 24.4. The minimum atomic E-state index is -3.04. The number of hydrogen-bond donors (Lipinski definition) is 0. The van der Waals surface area contributed by atoms with Gasteiger partial charge in [0, 0.05) is 22.1 Å². The predicted octanol–water partition coefficient (Wildman–Crippen LogP) is 13.7. The average Bonchev–Trinajstić information content (AvgIpc) is 3.08. The molecule has 0 saturated heterocycles. The fourth-order valence-electron chi connectivity index (χ4n) is 6.07. The summed E-state index contributed by atoms with van der Waals surface area (Å²) in [6.07, 6.45) is 36.1. The molecule has 0 unspecified atom stereocenters. The minimum Gasteiger partial charge on any atom is -0.799 e. The van der Waals surface area contributed by atoms with E-state index in [0.717, 1.165) is 77.0 Å². The molecule has 0 aromatic carbocycles. The normalized spacial score (nSPS) is 11.7. The smallest absolute Gasteiger partial charge is 0.799 e. The molecule has 0 spiro atoms. The Morgan fingerprint density at radius 3 is 0.481 bits per heavy atom. The standard InChI is InChI=1S/3C14H31O2P.Co/c3*1-3-5-7-9-11-13-17(15,16)14-12-10-8-6-4-2;/h3*3-14H2,1-2H3,(H,15,16);/q;;;+3/p-3. The summed E-state index contributed by atoms with van der Waals surface area (Å²) in [6.45, 7) is 13.1. The zero-order valence-corrected chi connectivity index (χ0v) is 39.3. The van der Waals surface area contributed by atoms with E-state index in [4.69, 9.17) is 0 Å². The van der Waals surface area contributed by atoms with Crippen LogP contribution in [0.3, 0.4) is 0 Å². The van der Waals surface area contributed by atoms with E-state index >= 15 is 0 Å². The number of rotatable bonds is 36. The third-order valence-corrected chi connectivity index (χ3v) is 15.6. The summed E-state index contributed by atoms with van der Waals surface area (Å²) >= 11 is 0. The van der Waals surface area contributed by atoms with Gasteiger partial charge in [-0.1, -0.05) is 196 Å². The molecule has 0 aromatic heterocycles. The van der Waals surface area contributed by atoms with Gasteiger partial charge in [-0.05, 0) is 75.5 Å². The van der Waals surface area contributed by atoms with Crippen LogP contribution in [0, 0.1) is 0 Å². The topological polar surface area (TPSA) is 120 Å². The molecule has 318 valence electrons. The Morgan fingerprint density at radius 1 is 0.250 bits per heavy atom. The fraction of sp³-hybridized carbons (Fsp3) is 1.00. The van der Waals surface area contributed by atoms with E-state index in [1.165, 1.54) is 116 Å². The zero-order chi connectivity index (χ0) is 39.0. The molecule has 0 aliphatic carbocycles. The molecule has 0 bridgehead atoms. The molecule has 0 atom stereocenters. The molecule has 0 fully saturated rings. The van der Waals surface area contributed by atoms with Gasteiger partial charge in [0.15, 0.2) is 0 Å². The van der Waals surface area contributed by atoms with Gasteiger partial charge in [-0.25, -0.2) is 0 Å². The van der Waals surface area contributed by atoms with Crippen LogP contribution in [-0.2, 0) is 30.5 Å². The van der Waals surface area contributed by atoms with E-state index in [1.807, 2.05) is 0 Å². The van der Waals surface area contributed by atoms with Crippen molar-refractivity contribution in [3.63, 3.8) is 0 Å². The van der Waals surface area contributed by atoms with Crippen LogP contribution in [0.1, 0.15) is 234 Å². The van der Waals surface area contributed by atoms with E-state index in [0.29, 0.717) is 37.0 Å². The van der Waals surface area contributed by atoms with Gasteiger partial charge in [-0.15, -0.1) is 0 Å². The largest absolute Gasteiger partial charge is 3.00 e. The Morgan fingerprint density at radius 2 is 0.365 bits per heavy atom. The SMILES string of the molecule is CCCCCCCP(=O)([O-])CCCCCCC.CCCCCCCP(=O)([O-])CCCCCCC.CCCCCCCP(=O)([O-])CCCCCCC.[Co+3]. The van der Waals surface area contributed by atoms with E-state index in [2.05, 4.69) is 41.5 Å². The minimum absolute atomic E-state index is 0. The quantitative estimate of drug-likeness (QED) is 0.0457. The van der Waals surface area contributed by atoms with Crippen LogP contribution in [0.25, 0.3) is 0 Å². The van der Waals surface area contributed by atoms with E-state index < -0.39 is 22.1 Å². The molecule has 10 heteroatoms. The summed E-state index contributed by atoms with van der Waals surface area (Å²) in [5.41, 5.74) is 0. The molecule has 6 nitrogen and oxygen atoms in total. The Bertz CT molecular complexity index is 671. The van der Waals surface area contributed by atoms with Crippen LogP contribution in [0.15, 0.2) is 0 Å². The maximum Gasteiger partial charge on any atom is 3.00 e. The first-order valence-corrected chi connectivity index (χ1v) is 28.2. The maximum atomic E-state index is 11.7. The molecule has 0 amide bonds. The van der Waals surface area contributed by atoms with Crippen molar-refractivity contribution in [3.8, 4) is 0 Å². The van der Waals surface area contributed by atoms with Gasteiger partial charge in [0.2, 0.25) is 0 Å². The third kappa shape index (κ3) is 53.2. The van der Waals surface area contributed by atoms with Crippen molar-refractivity contribution in [1.29, 1.82) is 0 Å². The summed E-state index contributed by atoms with van der Waals surface area (Å²) in [5.74, 6) is 0. The van der Waals surface area contributed by atoms with Gasteiger partial charge >= 0.3 is 16.8 Å². The second-order valence-electron chi connectivity index (χ2n) is 15.3. The molecule has 52 heavy (non-hydrogen) atoms. The summed E-state index contributed by atoms with van der Waals surface area (Å²) in [5, 5.41) is 0. The molecule has 0 rings (SSSR count). The Hall–Kier alpha value is 1.08. The van der Waals surface area contributed by atoms with Crippen molar-refractivity contribution in [2.75, 3.05) is 37.0 Å². The van der Waals surface area contributed by atoms with Gasteiger partial charge in [0.25, 0.3) is 0 Å². The third-order valence-electron chi connectivity index (χ3n) is 9.61. The summed E-state index contributed by atoms with van der Waals surface area (Å²) in [7, 11) is -9.12. The molecular formula is C42H90CoO6P3. The Balaban J connectivity index is -0.000000329. The second-order valence-corrected chi connectivity index (χ2v) is 22.8. The van der Waals surface area contributed by atoms with E-state index in [9.17, 15) is 28.4 Å². The Kier molecular flexibility index (Phi) is 51.5. The van der Waals surface area contributed by atoms with Crippen LogP contribution in [-0.4, -0.2) is 37.0 Å². The van der Waals surface area contributed by atoms with Crippen LogP contribution >= 0.6 is 22.1 Å². The van der Waals surface area contributed by atoms with Gasteiger partial charge in [-0.2, -0.15) is 0 Å². The monoisotopic (exact) mass is 843 g/mol. The fourth-order valence-corrected chi connectivity index (χ4v) is 11.0. The zero-order valence-electron chi connectivity index (χ0n) is 35.6. The molecule has 0 heterocycles. The van der Waals surface area contributed by atoms with Gasteiger partial charge in [-0.3, -0.25) is 0 Å². The van der Waals surface area contributed by atoms with Crippen LogP contribution in [0.5, 0.6) is 0 Å². The molecule has 0 N–H and O–H groups in total. The van der Waals surface area contributed by atoms with Crippen molar-refractivity contribution in [1.82, 2.24) is 0 Å². The van der Waals surface area contributed by atoms with Gasteiger partial charge < -0.3 is 28.4 Å². The maximum absolute atomic E-state index is 11.7. The van der Waals surface area contributed by atoms with Crippen LogP contribution < -0.4 is 14.7 Å². The second kappa shape index (κ2) is 44.8. The van der Waals surface area contributed by atoms with Gasteiger partial charge in [0.05, 0.1) is 0 Å². The molecule has 0 aromatic rings. The van der Waals surface area contributed by atoms with E-state index in [-0.39, 0.29) is 16.8 Å². The molecule has 0 saturated carbocycles. The molecule has 0 aliphatic heterocycles. The summed E-state index contributed by atoms with van der Waals surface area (Å²) in [6, 6.07) is 0. The first-order valence-electron chi connectivity index (χ1n) is 22.2. The van der Waals surface area contributed by atoms with Crippen molar-refractivity contribution in [2.24, 2.45) is 0 Å². The molecular weight excluding hydrogens is 752 g/mol. The average molecular weight is 843 g/mol. The summed E-state index contributed by atoms with van der Waals surface area (Å²) < 4.78 is 35.2. The van der Waals surface area contributed by atoms with Crippen LogP contribution in [0.2, 0.25) is 0 Å². The summed E-state index contributed by atoms with van der Waals surface area (Å²) in [4.78, 5) is 35.2. The van der Waals surface area contributed by atoms with Gasteiger partial charge in [0.1, 0.15) is 0 Å². The first kappa shape index (κ1) is 59.8. The van der Waals surface area contributed by atoms with Crippen molar-refractivity contribution < 1.29 is 45.2 Å². The predicted molar refractivity (Wildman–Crippen MR) is 225 cm³/mol. The number of unbranched alkanes of at least 4 members (excludes halogenated alkanes) is 24. The van der Waals surface area contributed by atoms with Crippen molar-refractivity contribution in [3.05, 3.63) is 0 Å². The van der Waals surface area contributed by atoms with Crippen LogP contribution in [0.4, 0.5) is 0 Å². The van der Waals surface area contributed by atoms with Crippen molar-refractivity contribution in [2.45, 2.75) is 234 Å². The Labute approximate surface area is 337 Å². The molecule has 0 aliphatic rings. The number of hydrogen-bond acceptors (Lipinski definition) is 6. The van der Waals surface area contributed by atoms with Crippen molar-refractivity contribution >= 4 is 22.1 Å². The van der Waals surface area contributed by atoms with E-state index in [1.54, 1.807) is 0 Å².